The predicted molar refractivity (Wildman–Crippen MR) is 182 cm³/mol. The Hall–Kier alpha value is -6.65. The fourth-order valence-electron chi connectivity index (χ4n) is 6.01. The second-order valence-electron chi connectivity index (χ2n) is 11.6. The number of hydrogen-bond donors (Lipinski definition) is 0. The molecular formula is C36H24F6N8O3. The fraction of sp³-hybridized carbons (Fsp3) is 0.139. The fourth-order valence-corrected chi connectivity index (χ4v) is 6.01. The molecule has 0 fully saturated rings. The van der Waals surface area contributed by atoms with E-state index in [0.717, 1.165) is 44.1 Å². The molecule has 4 aromatic carbocycles. The molecule has 0 radical (unpaired) electrons. The van der Waals surface area contributed by atoms with E-state index < -0.39 is 12.7 Å². The van der Waals surface area contributed by atoms with Gasteiger partial charge in [0, 0.05) is 59.2 Å². The van der Waals surface area contributed by atoms with Crippen molar-refractivity contribution in [1.82, 2.24) is 39.5 Å². The Morgan fingerprint density at radius 1 is 0.585 bits per heavy atom. The Labute approximate surface area is 294 Å². The summed E-state index contributed by atoms with van der Waals surface area (Å²) in [6.07, 6.45) is -5.61. The molecule has 17 heteroatoms. The van der Waals surface area contributed by atoms with Gasteiger partial charge >= 0.3 is 12.7 Å². The topological polar surface area (TPSA) is 123 Å². The van der Waals surface area contributed by atoms with Crippen LogP contribution in [-0.4, -0.2) is 58.5 Å². The van der Waals surface area contributed by atoms with Gasteiger partial charge in [-0.3, -0.25) is 14.2 Å². The van der Waals surface area contributed by atoms with E-state index in [1.165, 1.54) is 42.6 Å². The van der Waals surface area contributed by atoms with Crippen molar-refractivity contribution < 1.29 is 40.6 Å². The van der Waals surface area contributed by atoms with E-state index >= 15 is 0 Å². The Kier molecular flexibility index (Phi) is 8.63. The molecule has 0 aliphatic carbocycles. The molecule has 53 heavy (non-hydrogen) atoms. The molecule has 0 saturated carbocycles. The van der Waals surface area contributed by atoms with E-state index in [-0.39, 0.29) is 17.3 Å². The number of fused-ring (bicyclic) bond motifs is 6. The van der Waals surface area contributed by atoms with Crippen molar-refractivity contribution in [3.63, 3.8) is 0 Å². The van der Waals surface area contributed by atoms with Gasteiger partial charge in [0.05, 0.1) is 22.4 Å². The maximum Gasteiger partial charge on any atom is 0.573 e. The summed E-state index contributed by atoms with van der Waals surface area (Å²) in [4.78, 5) is 27.6. The zero-order valence-corrected chi connectivity index (χ0v) is 27.7. The predicted octanol–water partition coefficient (Wildman–Crippen LogP) is 8.29. The third-order valence-corrected chi connectivity index (χ3v) is 8.10. The number of halogens is 6. The van der Waals surface area contributed by atoms with Gasteiger partial charge in [-0.1, -0.05) is 0 Å². The Morgan fingerprint density at radius 2 is 1.02 bits per heavy atom. The van der Waals surface area contributed by atoms with Crippen LogP contribution in [-0.2, 0) is 14.1 Å². The molecule has 0 spiro atoms. The third-order valence-electron chi connectivity index (χ3n) is 8.10. The third kappa shape index (κ3) is 7.13. The number of aromatic nitrogens is 8. The molecule has 0 aliphatic heterocycles. The number of carbonyl (C=O) groups is 1. The second-order valence-corrected chi connectivity index (χ2v) is 11.6. The molecular weight excluding hydrogens is 706 g/mol. The molecule has 4 heterocycles. The molecule has 0 bridgehead atoms. The van der Waals surface area contributed by atoms with E-state index in [4.69, 9.17) is 0 Å². The van der Waals surface area contributed by atoms with Crippen LogP contribution < -0.4 is 9.47 Å². The lowest BCUT2D eigenvalue weighted by atomic mass is 10.1. The molecule has 0 N–H and O–H groups in total. The lowest BCUT2D eigenvalue weighted by Crippen LogP contribution is -2.16. The molecule has 0 unspecified atom stereocenters. The minimum absolute atomic E-state index is 0.0817. The number of aryl methyl sites for hydroxylation is 3. The average molecular weight is 731 g/mol. The summed E-state index contributed by atoms with van der Waals surface area (Å²) in [6.45, 7) is 1.82. The molecule has 8 aromatic rings. The molecule has 268 valence electrons. The first kappa shape index (κ1) is 34.8. The molecule has 0 amide bonds. The van der Waals surface area contributed by atoms with Crippen LogP contribution >= 0.6 is 0 Å². The summed E-state index contributed by atoms with van der Waals surface area (Å²) in [6, 6.07) is 18.7. The van der Waals surface area contributed by atoms with Crippen molar-refractivity contribution in [2.75, 3.05) is 0 Å². The van der Waals surface area contributed by atoms with Gasteiger partial charge < -0.3 is 9.47 Å². The molecule has 0 aliphatic rings. The SMILES string of the molecule is Cc1ncc2c(ccc3c(-c4ccc(OC(F)(F)F)cc4)n(C)nc32)n1.Cn1nc2c(ccc3nc(C=O)ncc32)c1-c1ccc(OC(F)(F)F)cc1. The van der Waals surface area contributed by atoms with Gasteiger partial charge in [-0.15, -0.1) is 26.3 Å². The van der Waals surface area contributed by atoms with Gasteiger partial charge in [0.15, 0.2) is 12.1 Å². The van der Waals surface area contributed by atoms with E-state index in [1.54, 1.807) is 47.9 Å². The van der Waals surface area contributed by atoms with Gasteiger partial charge in [0.25, 0.3) is 0 Å². The summed E-state index contributed by atoms with van der Waals surface area (Å²) in [5.74, 6) is 0.200. The van der Waals surface area contributed by atoms with Crippen molar-refractivity contribution >= 4 is 49.9 Å². The first-order valence-corrected chi connectivity index (χ1v) is 15.6. The smallest absolute Gasteiger partial charge is 0.406 e. The summed E-state index contributed by atoms with van der Waals surface area (Å²) in [5.41, 5.74) is 5.69. The highest BCUT2D eigenvalue weighted by molar-refractivity contribution is 6.09. The largest absolute Gasteiger partial charge is 0.573 e. The van der Waals surface area contributed by atoms with Crippen LogP contribution in [0.5, 0.6) is 11.5 Å². The van der Waals surface area contributed by atoms with Gasteiger partial charge in [0.1, 0.15) is 28.4 Å². The van der Waals surface area contributed by atoms with Gasteiger partial charge in [-0.05, 0) is 79.7 Å². The van der Waals surface area contributed by atoms with Crippen LogP contribution in [0.4, 0.5) is 26.3 Å². The number of ether oxygens (including phenoxy) is 2. The number of nitrogens with zero attached hydrogens (tertiary/aromatic N) is 8. The Morgan fingerprint density at radius 3 is 1.45 bits per heavy atom. The molecule has 0 saturated heterocycles. The van der Waals surface area contributed by atoms with Crippen molar-refractivity contribution in [3.05, 3.63) is 96.8 Å². The van der Waals surface area contributed by atoms with E-state index in [9.17, 15) is 31.1 Å². The summed E-state index contributed by atoms with van der Waals surface area (Å²) < 4.78 is 85.1. The quantitative estimate of drug-likeness (QED) is 0.127. The zero-order chi connectivity index (χ0) is 37.7. The molecule has 4 aromatic heterocycles. The van der Waals surface area contributed by atoms with Gasteiger partial charge in [-0.2, -0.15) is 10.2 Å². The normalized spacial score (nSPS) is 11.9. The lowest BCUT2D eigenvalue weighted by molar-refractivity contribution is -0.275. The van der Waals surface area contributed by atoms with Crippen molar-refractivity contribution in [1.29, 1.82) is 0 Å². The number of hydrogen-bond acceptors (Lipinski definition) is 9. The van der Waals surface area contributed by atoms with E-state index in [0.29, 0.717) is 34.1 Å². The highest BCUT2D eigenvalue weighted by atomic mass is 19.4. The number of rotatable bonds is 5. The minimum Gasteiger partial charge on any atom is -0.406 e. The second kappa shape index (κ2) is 13.2. The first-order valence-electron chi connectivity index (χ1n) is 15.6. The van der Waals surface area contributed by atoms with Crippen LogP contribution in [0.25, 0.3) is 66.1 Å². The van der Waals surface area contributed by atoms with Crippen LogP contribution in [0, 0.1) is 6.92 Å². The van der Waals surface area contributed by atoms with E-state index in [2.05, 4.69) is 39.6 Å². The van der Waals surface area contributed by atoms with Crippen LogP contribution in [0.15, 0.2) is 85.2 Å². The first-order chi connectivity index (χ1) is 25.2. The maximum atomic E-state index is 12.3. The van der Waals surface area contributed by atoms with Gasteiger partial charge in [0.2, 0.25) is 0 Å². The summed E-state index contributed by atoms with van der Waals surface area (Å²) >= 11 is 0. The molecule has 11 nitrogen and oxygen atoms in total. The zero-order valence-electron chi connectivity index (χ0n) is 27.7. The molecule has 8 rings (SSSR count). The Bertz CT molecular complexity index is 2650. The van der Waals surface area contributed by atoms with Crippen LogP contribution in [0.1, 0.15) is 16.4 Å². The highest BCUT2D eigenvalue weighted by Gasteiger charge is 2.32. The monoisotopic (exact) mass is 730 g/mol. The molecule has 0 atom stereocenters. The lowest BCUT2D eigenvalue weighted by Gasteiger charge is -2.09. The summed E-state index contributed by atoms with van der Waals surface area (Å²) in [7, 11) is 3.53. The van der Waals surface area contributed by atoms with Crippen molar-refractivity contribution in [2.24, 2.45) is 14.1 Å². The highest BCUT2D eigenvalue weighted by Crippen LogP contribution is 2.35. The van der Waals surface area contributed by atoms with Crippen LogP contribution in [0.2, 0.25) is 0 Å². The van der Waals surface area contributed by atoms with E-state index in [1.807, 2.05) is 25.1 Å². The number of carbonyl (C=O) groups excluding carboxylic acids is 1. The maximum absolute atomic E-state index is 12.3. The minimum atomic E-state index is -4.74. The van der Waals surface area contributed by atoms with Crippen molar-refractivity contribution in [2.45, 2.75) is 19.6 Å². The number of benzene rings is 4. The summed E-state index contributed by atoms with van der Waals surface area (Å²) in [5, 5.41) is 12.2. The number of alkyl halides is 6. The number of aldehydes is 1. The van der Waals surface area contributed by atoms with Crippen LogP contribution in [0.3, 0.4) is 0 Å². The van der Waals surface area contributed by atoms with Crippen molar-refractivity contribution in [3.8, 4) is 34.0 Å². The Balaban J connectivity index is 0.000000164. The average Bonchev–Trinajstić information content (AvgIpc) is 3.63. The van der Waals surface area contributed by atoms with Gasteiger partial charge in [-0.25, -0.2) is 19.9 Å². The standard InChI is InChI=1S/C18H11F3N4O2.C18H13F3N4O/c1-25-17(10-2-4-11(5-3-10)27-18(19,20)21)12-6-7-14-13(16(12)24-25)8-22-15(9-26)23-14;1-10-22-9-14-15(23-10)8-7-13-16(14)24-25(2)17(13)11-3-5-12(6-4-11)26-18(19,20)21/h2-9H,1H3;3-9H,1-2H3.